The zero-order chi connectivity index (χ0) is 13.6. The normalized spacial score (nSPS) is 27.4. The van der Waals surface area contributed by atoms with E-state index in [4.69, 9.17) is 15.2 Å². The molecule has 19 heavy (non-hydrogen) atoms. The van der Waals surface area contributed by atoms with Crippen LogP contribution in [0.3, 0.4) is 0 Å². The zero-order valence-electron chi connectivity index (χ0n) is 11.8. The third-order valence-electron chi connectivity index (χ3n) is 4.12. The lowest BCUT2D eigenvalue weighted by Gasteiger charge is -2.38. The molecule has 0 bridgehead atoms. The first-order chi connectivity index (χ1) is 9.24. The van der Waals surface area contributed by atoms with Crippen LogP contribution in [0.25, 0.3) is 0 Å². The van der Waals surface area contributed by atoms with Crippen LogP contribution in [-0.4, -0.2) is 18.9 Å². The van der Waals surface area contributed by atoms with Crippen molar-refractivity contribution in [2.24, 2.45) is 11.7 Å². The summed E-state index contributed by atoms with van der Waals surface area (Å²) in [5.74, 6) is 0.800. The van der Waals surface area contributed by atoms with Gasteiger partial charge in [-0.15, -0.1) is 0 Å². The molecule has 2 N–H and O–H groups in total. The molecule has 3 nitrogen and oxygen atoms in total. The number of benzene rings is 1. The highest BCUT2D eigenvalue weighted by Crippen LogP contribution is 2.33. The van der Waals surface area contributed by atoms with Crippen molar-refractivity contribution in [1.82, 2.24) is 0 Å². The molecule has 1 aromatic rings. The van der Waals surface area contributed by atoms with Gasteiger partial charge in [0.1, 0.15) is 6.79 Å². The SMILES string of the molecule is CC1CCC(CN)(OCOCc2ccccc2)CC1. The minimum atomic E-state index is -0.150. The molecule has 1 saturated carbocycles. The second kappa shape index (κ2) is 7.04. The number of rotatable bonds is 6. The maximum Gasteiger partial charge on any atom is 0.147 e. The Hall–Kier alpha value is -0.900. The van der Waals surface area contributed by atoms with Gasteiger partial charge in [-0.3, -0.25) is 0 Å². The van der Waals surface area contributed by atoms with E-state index >= 15 is 0 Å². The summed E-state index contributed by atoms with van der Waals surface area (Å²) in [4.78, 5) is 0. The molecule has 106 valence electrons. The average Bonchev–Trinajstić information content (AvgIpc) is 2.47. The molecule has 1 fully saturated rings. The first kappa shape index (κ1) is 14.5. The fourth-order valence-electron chi connectivity index (χ4n) is 2.60. The van der Waals surface area contributed by atoms with Crippen molar-refractivity contribution in [3.8, 4) is 0 Å². The molecule has 3 heteroatoms. The number of hydrogen-bond donors (Lipinski definition) is 1. The van der Waals surface area contributed by atoms with Crippen LogP contribution in [0.5, 0.6) is 0 Å². The van der Waals surface area contributed by atoms with Crippen molar-refractivity contribution in [3.05, 3.63) is 35.9 Å². The van der Waals surface area contributed by atoms with Gasteiger partial charge in [0.2, 0.25) is 0 Å². The van der Waals surface area contributed by atoms with Gasteiger partial charge in [0.25, 0.3) is 0 Å². The number of nitrogens with two attached hydrogens (primary N) is 1. The minimum Gasteiger partial charge on any atom is -0.351 e. The van der Waals surface area contributed by atoms with Crippen LogP contribution in [0.2, 0.25) is 0 Å². The van der Waals surface area contributed by atoms with E-state index in [-0.39, 0.29) is 5.60 Å². The summed E-state index contributed by atoms with van der Waals surface area (Å²) in [5.41, 5.74) is 6.92. The molecule has 0 heterocycles. The first-order valence-electron chi connectivity index (χ1n) is 7.20. The third-order valence-corrected chi connectivity index (χ3v) is 4.12. The molecule has 0 radical (unpaired) electrons. The van der Waals surface area contributed by atoms with Crippen LogP contribution in [-0.2, 0) is 16.1 Å². The molecule has 1 aromatic carbocycles. The minimum absolute atomic E-state index is 0.150. The topological polar surface area (TPSA) is 44.5 Å². The van der Waals surface area contributed by atoms with Crippen LogP contribution in [0.15, 0.2) is 30.3 Å². The Bertz CT molecular complexity index is 358. The van der Waals surface area contributed by atoms with Gasteiger partial charge in [0, 0.05) is 6.54 Å². The predicted octanol–water partition coefficient (Wildman–Crippen LogP) is 3.08. The first-order valence-corrected chi connectivity index (χ1v) is 7.20. The molecule has 0 atom stereocenters. The molecule has 0 unspecified atom stereocenters. The second-order valence-corrected chi connectivity index (χ2v) is 5.67. The fourth-order valence-corrected chi connectivity index (χ4v) is 2.60. The molecular weight excluding hydrogens is 238 g/mol. The molecular formula is C16H25NO2. The molecule has 0 amide bonds. The van der Waals surface area contributed by atoms with Gasteiger partial charge in [0.05, 0.1) is 12.2 Å². The van der Waals surface area contributed by atoms with Crippen LogP contribution >= 0.6 is 0 Å². The standard InChI is InChI=1S/C16H25NO2/c1-14-7-9-16(12-17,10-8-14)19-13-18-11-15-5-3-2-4-6-15/h2-6,14H,7-13,17H2,1H3. The largest absolute Gasteiger partial charge is 0.351 e. The molecule has 2 rings (SSSR count). The van der Waals surface area contributed by atoms with E-state index in [2.05, 4.69) is 19.1 Å². The monoisotopic (exact) mass is 263 g/mol. The summed E-state index contributed by atoms with van der Waals surface area (Å²) < 4.78 is 11.5. The van der Waals surface area contributed by atoms with Crippen LogP contribution in [0, 0.1) is 5.92 Å². The van der Waals surface area contributed by atoms with Crippen molar-refractivity contribution in [2.45, 2.75) is 44.8 Å². The van der Waals surface area contributed by atoms with Gasteiger partial charge < -0.3 is 15.2 Å². The van der Waals surface area contributed by atoms with Crippen LogP contribution in [0.4, 0.5) is 0 Å². The maximum absolute atomic E-state index is 5.94. The van der Waals surface area contributed by atoms with E-state index in [0.29, 0.717) is 19.9 Å². The fraction of sp³-hybridized carbons (Fsp3) is 0.625. The number of hydrogen-bond acceptors (Lipinski definition) is 3. The lowest BCUT2D eigenvalue weighted by Crippen LogP contribution is -2.44. The van der Waals surface area contributed by atoms with Gasteiger partial charge in [-0.05, 0) is 37.2 Å². The summed E-state index contributed by atoms with van der Waals surface area (Å²) >= 11 is 0. The molecule has 0 aliphatic heterocycles. The van der Waals surface area contributed by atoms with Crippen molar-refractivity contribution in [2.75, 3.05) is 13.3 Å². The van der Waals surface area contributed by atoms with Crippen molar-refractivity contribution >= 4 is 0 Å². The van der Waals surface area contributed by atoms with Crippen molar-refractivity contribution in [3.63, 3.8) is 0 Å². The summed E-state index contributed by atoms with van der Waals surface area (Å²) in [6, 6.07) is 10.2. The Kier molecular flexibility index (Phi) is 5.37. The molecule has 1 aliphatic rings. The molecule has 0 spiro atoms. The highest BCUT2D eigenvalue weighted by molar-refractivity contribution is 5.13. The van der Waals surface area contributed by atoms with Gasteiger partial charge >= 0.3 is 0 Å². The Morgan fingerprint density at radius 2 is 1.89 bits per heavy atom. The Morgan fingerprint density at radius 3 is 2.53 bits per heavy atom. The highest BCUT2D eigenvalue weighted by Gasteiger charge is 2.33. The lowest BCUT2D eigenvalue weighted by molar-refractivity contribution is -0.158. The summed E-state index contributed by atoms with van der Waals surface area (Å²) in [6.45, 7) is 3.82. The third kappa shape index (κ3) is 4.30. The number of ether oxygens (including phenoxy) is 2. The summed E-state index contributed by atoms with van der Waals surface area (Å²) in [6.07, 6.45) is 4.52. The zero-order valence-corrected chi connectivity index (χ0v) is 11.8. The van der Waals surface area contributed by atoms with Gasteiger partial charge in [-0.2, -0.15) is 0 Å². The van der Waals surface area contributed by atoms with E-state index in [1.54, 1.807) is 0 Å². The molecule has 0 aromatic heterocycles. The van der Waals surface area contributed by atoms with Crippen molar-refractivity contribution in [1.29, 1.82) is 0 Å². The van der Waals surface area contributed by atoms with Gasteiger partial charge in [-0.1, -0.05) is 37.3 Å². The van der Waals surface area contributed by atoms with E-state index in [0.717, 1.165) is 18.8 Å². The maximum atomic E-state index is 5.94. The molecule has 1 aliphatic carbocycles. The van der Waals surface area contributed by atoms with E-state index < -0.39 is 0 Å². The predicted molar refractivity (Wildman–Crippen MR) is 76.6 cm³/mol. The van der Waals surface area contributed by atoms with E-state index in [1.165, 1.54) is 18.4 Å². The lowest BCUT2D eigenvalue weighted by atomic mass is 9.79. The van der Waals surface area contributed by atoms with Crippen LogP contribution in [0.1, 0.15) is 38.2 Å². The van der Waals surface area contributed by atoms with Gasteiger partial charge in [0.15, 0.2) is 0 Å². The highest BCUT2D eigenvalue weighted by atomic mass is 16.7. The van der Waals surface area contributed by atoms with E-state index in [9.17, 15) is 0 Å². The quantitative estimate of drug-likeness (QED) is 0.633. The average molecular weight is 263 g/mol. The second-order valence-electron chi connectivity index (χ2n) is 5.67. The Labute approximate surface area is 116 Å². The Morgan fingerprint density at radius 1 is 1.21 bits per heavy atom. The van der Waals surface area contributed by atoms with E-state index in [1.807, 2.05) is 18.2 Å². The van der Waals surface area contributed by atoms with Gasteiger partial charge in [-0.25, -0.2) is 0 Å². The Balaban J connectivity index is 1.72. The summed E-state index contributed by atoms with van der Waals surface area (Å²) in [5, 5.41) is 0. The molecule has 0 saturated heterocycles. The van der Waals surface area contributed by atoms with Crippen molar-refractivity contribution < 1.29 is 9.47 Å². The van der Waals surface area contributed by atoms with Crippen LogP contribution < -0.4 is 5.73 Å². The smallest absolute Gasteiger partial charge is 0.147 e. The summed E-state index contributed by atoms with van der Waals surface area (Å²) in [7, 11) is 0.